The third kappa shape index (κ3) is 3.07. The summed E-state index contributed by atoms with van der Waals surface area (Å²) in [6, 6.07) is 14.6. The number of hydrogen-bond acceptors (Lipinski definition) is 6. The minimum atomic E-state index is -0.293. The van der Waals surface area contributed by atoms with Crippen LogP contribution in [-0.4, -0.2) is 22.4 Å². The minimum Gasteiger partial charge on any atom is -0.390 e. The number of pyridine rings is 1. The van der Waals surface area contributed by atoms with Crippen molar-refractivity contribution >= 4 is 33.7 Å². The van der Waals surface area contributed by atoms with Gasteiger partial charge in [-0.25, -0.2) is 4.98 Å². The molecule has 6 nitrogen and oxygen atoms in total. The van der Waals surface area contributed by atoms with Crippen molar-refractivity contribution in [2.24, 2.45) is 10.2 Å². The topological polar surface area (TPSA) is 108 Å². The Hall–Kier alpha value is -3.12. The monoisotopic (exact) mass is 305 g/mol. The van der Waals surface area contributed by atoms with E-state index < -0.39 is 0 Å². The van der Waals surface area contributed by atoms with E-state index in [-0.39, 0.29) is 12.3 Å². The van der Waals surface area contributed by atoms with Crippen LogP contribution in [-0.2, 0) is 0 Å². The van der Waals surface area contributed by atoms with Crippen LogP contribution >= 0.6 is 0 Å². The van der Waals surface area contributed by atoms with E-state index in [2.05, 4.69) is 15.2 Å². The molecule has 0 atom stereocenters. The van der Waals surface area contributed by atoms with Gasteiger partial charge in [-0.15, -0.1) is 5.11 Å². The Morgan fingerprint density at radius 3 is 2.57 bits per heavy atom. The van der Waals surface area contributed by atoms with Gasteiger partial charge in [0.1, 0.15) is 5.69 Å². The molecule has 0 aliphatic rings. The summed E-state index contributed by atoms with van der Waals surface area (Å²) in [4.78, 5) is 4.14. The lowest BCUT2D eigenvalue weighted by molar-refractivity contribution is 0.357. The average molecular weight is 305 g/mol. The molecule has 0 saturated heterocycles. The van der Waals surface area contributed by atoms with Gasteiger partial charge in [0.15, 0.2) is 5.82 Å². The van der Waals surface area contributed by atoms with Crippen molar-refractivity contribution in [1.82, 2.24) is 4.98 Å². The molecule has 6 heteroatoms. The van der Waals surface area contributed by atoms with Crippen LogP contribution in [0.3, 0.4) is 0 Å². The van der Waals surface area contributed by atoms with Crippen molar-refractivity contribution < 1.29 is 5.11 Å². The van der Waals surface area contributed by atoms with Crippen LogP contribution in [0, 0.1) is 5.41 Å². The summed E-state index contributed by atoms with van der Waals surface area (Å²) in [6.45, 7) is -0.293. The quantitative estimate of drug-likeness (QED) is 0.506. The Balaban J connectivity index is 1.94. The molecule has 114 valence electrons. The van der Waals surface area contributed by atoms with Gasteiger partial charge in [0.25, 0.3) is 0 Å². The van der Waals surface area contributed by atoms with E-state index in [1.54, 1.807) is 30.5 Å². The molecule has 0 aliphatic heterocycles. The minimum absolute atomic E-state index is 0.163. The molecule has 0 radical (unpaired) electrons. The lowest BCUT2D eigenvalue weighted by Gasteiger charge is -2.04. The molecule has 23 heavy (non-hydrogen) atoms. The summed E-state index contributed by atoms with van der Waals surface area (Å²) < 4.78 is 0. The fourth-order valence-corrected chi connectivity index (χ4v) is 2.20. The Labute approximate surface area is 132 Å². The van der Waals surface area contributed by atoms with E-state index in [9.17, 15) is 0 Å². The largest absolute Gasteiger partial charge is 0.390 e. The molecule has 0 aliphatic carbocycles. The number of nitrogen functional groups attached to an aromatic ring is 1. The van der Waals surface area contributed by atoms with Crippen molar-refractivity contribution in [3.63, 3.8) is 0 Å². The normalized spacial score (nSPS) is 11.2. The van der Waals surface area contributed by atoms with E-state index in [0.717, 1.165) is 10.8 Å². The van der Waals surface area contributed by atoms with Gasteiger partial charge in [0.05, 0.1) is 18.0 Å². The third-order valence-electron chi connectivity index (χ3n) is 3.44. The first kappa shape index (κ1) is 14.8. The van der Waals surface area contributed by atoms with Gasteiger partial charge in [0.2, 0.25) is 0 Å². The molecule has 3 rings (SSSR count). The Bertz CT molecular complexity index is 887. The second-order valence-electron chi connectivity index (χ2n) is 4.96. The SMILES string of the molecule is N=C(CO)c1ccc(N=Nc2c(N)ncc3ccccc23)cc1. The van der Waals surface area contributed by atoms with Gasteiger partial charge in [-0.2, -0.15) is 5.11 Å². The van der Waals surface area contributed by atoms with Gasteiger partial charge in [-0.1, -0.05) is 36.4 Å². The molecule has 2 aromatic carbocycles. The molecule has 0 spiro atoms. The predicted molar refractivity (Wildman–Crippen MR) is 90.7 cm³/mol. The summed E-state index contributed by atoms with van der Waals surface area (Å²) in [5.74, 6) is 0.325. The van der Waals surface area contributed by atoms with Crippen LogP contribution in [0.15, 0.2) is 65.0 Å². The van der Waals surface area contributed by atoms with Gasteiger partial charge in [0, 0.05) is 17.0 Å². The number of hydrogen-bond donors (Lipinski definition) is 3. The van der Waals surface area contributed by atoms with Crippen molar-refractivity contribution in [1.29, 1.82) is 5.41 Å². The maximum Gasteiger partial charge on any atom is 0.151 e. The highest BCUT2D eigenvalue weighted by atomic mass is 16.3. The van der Waals surface area contributed by atoms with Gasteiger partial charge >= 0.3 is 0 Å². The maximum absolute atomic E-state index is 8.95. The summed E-state index contributed by atoms with van der Waals surface area (Å²) >= 11 is 0. The van der Waals surface area contributed by atoms with Crippen LogP contribution < -0.4 is 5.73 Å². The van der Waals surface area contributed by atoms with Gasteiger partial charge < -0.3 is 16.2 Å². The molecule has 0 bridgehead atoms. The number of fused-ring (bicyclic) bond motifs is 1. The second kappa shape index (κ2) is 6.33. The average Bonchev–Trinajstić information content (AvgIpc) is 2.60. The highest BCUT2D eigenvalue weighted by Gasteiger charge is 2.06. The summed E-state index contributed by atoms with van der Waals surface area (Å²) in [6.07, 6.45) is 1.71. The molecule has 0 fully saturated rings. The summed E-state index contributed by atoms with van der Waals surface area (Å²) in [7, 11) is 0. The van der Waals surface area contributed by atoms with Gasteiger partial charge in [-0.3, -0.25) is 0 Å². The molecule has 0 unspecified atom stereocenters. The number of rotatable bonds is 4. The number of nitrogens with one attached hydrogen (secondary N) is 1. The summed E-state index contributed by atoms with van der Waals surface area (Å²) in [5, 5.41) is 26.8. The molecule has 0 amide bonds. The number of anilines is 1. The molecule has 1 aromatic heterocycles. The fraction of sp³-hybridized carbons (Fsp3) is 0.0588. The van der Waals surface area contributed by atoms with E-state index in [1.807, 2.05) is 24.3 Å². The standard InChI is InChI=1S/C17H15N5O/c18-15(10-23)11-5-7-13(8-6-11)21-22-16-14-4-2-1-3-12(14)9-20-17(16)19/h1-9,18,23H,10H2,(H2,19,20). The Kier molecular flexibility index (Phi) is 4.07. The fourth-order valence-electron chi connectivity index (χ4n) is 2.20. The zero-order chi connectivity index (χ0) is 16.2. The highest BCUT2D eigenvalue weighted by Crippen LogP contribution is 2.31. The first-order valence-corrected chi connectivity index (χ1v) is 7.02. The number of benzene rings is 2. The zero-order valence-electron chi connectivity index (χ0n) is 12.3. The second-order valence-corrected chi connectivity index (χ2v) is 4.96. The lowest BCUT2D eigenvalue weighted by Crippen LogP contribution is -2.03. The highest BCUT2D eigenvalue weighted by molar-refractivity contribution is 5.99. The maximum atomic E-state index is 8.95. The van der Waals surface area contributed by atoms with E-state index in [1.165, 1.54) is 0 Å². The molecular formula is C17H15N5O. The zero-order valence-corrected chi connectivity index (χ0v) is 12.3. The third-order valence-corrected chi connectivity index (χ3v) is 3.44. The number of aliphatic hydroxyl groups is 1. The number of azo groups is 1. The number of nitrogens with two attached hydrogens (primary N) is 1. The molecule has 3 aromatic rings. The van der Waals surface area contributed by atoms with Crippen molar-refractivity contribution in [2.45, 2.75) is 0 Å². The predicted octanol–water partition coefficient (Wildman–Crippen LogP) is 3.59. The number of nitrogens with zero attached hydrogens (tertiary/aromatic N) is 3. The van der Waals surface area contributed by atoms with Crippen molar-refractivity contribution in [3.8, 4) is 0 Å². The van der Waals surface area contributed by atoms with Crippen molar-refractivity contribution in [3.05, 3.63) is 60.3 Å². The van der Waals surface area contributed by atoms with E-state index in [0.29, 0.717) is 22.8 Å². The van der Waals surface area contributed by atoms with E-state index in [4.69, 9.17) is 16.2 Å². The van der Waals surface area contributed by atoms with Crippen molar-refractivity contribution in [2.75, 3.05) is 12.3 Å². The molecule has 1 heterocycles. The van der Waals surface area contributed by atoms with Crippen LogP contribution in [0.5, 0.6) is 0 Å². The first-order valence-electron chi connectivity index (χ1n) is 7.02. The lowest BCUT2D eigenvalue weighted by atomic mass is 10.1. The summed E-state index contributed by atoms with van der Waals surface area (Å²) in [5.41, 5.74) is 7.89. The molecule has 0 saturated carbocycles. The van der Waals surface area contributed by atoms with Crippen LogP contribution in [0.2, 0.25) is 0 Å². The Morgan fingerprint density at radius 2 is 1.83 bits per heavy atom. The smallest absolute Gasteiger partial charge is 0.151 e. The van der Waals surface area contributed by atoms with Crippen LogP contribution in [0.1, 0.15) is 5.56 Å². The molecular weight excluding hydrogens is 290 g/mol. The first-order chi connectivity index (χ1) is 11.2. The Morgan fingerprint density at radius 1 is 1.09 bits per heavy atom. The number of aliphatic hydroxyl groups excluding tert-OH is 1. The van der Waals surface area contributed by atoms with Crippen LogP contribution in [0.4, 0.5) is 17.2 Å². The van der Waals surface area contributed by atoms with Gasteiger partial charge in [-0.05, 0) is 17.7 Å². The van der Waals surface area contributed by atoms with Crippen LogP contribution in [0.25, 0.3) is 10.8 Å². The van der Waals surface area contributed by atoms with E-state index >= 15 is 0 Å². The molecule has 4 N–H and O–H groups in total. The number of aromatic nitrogens is 1.